The van der Waals surface area contributed by atoms with Crippen LogP contribution >= 0.6 is 11.3 Å². The Labute approximate surface area is 131 Å². The van der Waals surface area contributed by atoms with Crippen molar-refractivity contribution in [3.63, 3.8) is 0 Å². The SMILES string of the molecule is CS(=O)(=O)N1CCc2nc(NC(=O)Cn3cccn3)sc2C1. The summed E-state index contributed by atoms with van der Waals surface area (Å²) in [5.41, 5.74) is 0.860. The van der Waals surface area contributed by atoms with E-state index in [1.165, 1.54) is 26.6 Å². The number of carbonyl (C=O) groups is 1. The maximum absolute atomic E-state index is 11.9. The number of anilines is 1. The molecular weight excluding hydrogens is 326 g/mol. The van der Waals surface area contributed by atoms with E-state index in [4.69, 9.17) is 0 Å². The van der Waals surface area contributed by atoms with Gasteiger partial charge in [-0.05, 0) is 6.07 Å². The molecule has 2 aromatic rings. The van der Waals surface area contributed by atoms with Crippen molar-refractivity contribution >= 4 is 32.4 Å². The number of thiazole rings is 1. The maximum Gasteiger partial charge on any atom is 0.247 e. The van der Waals surface area contributed by atoms with Gasteiger partial charge >= 0.3 is 0 Å². The maximum atomic E-state index is 11.9. The zero-order chi connectivity index (χ0) is 15.7. The molecular formula is C12H15N5O3S2. The summed E-state index contributed by atoms with van der Waals surface area (Å²) in [5.74, 6) is -0.213. The number of rotatable bonds is 4. The van der Waals surface area contributed by atoms with Gasteiger partial charge in [0, 0.05) is 36.8 Å². The molecule has 1 aliphatic heterocycles. The third-order valence-corrected chi connectivity index (χ3v) is 5.52. The Kier molecular flexibility index (Phi) is 3.98. The van der Waals surface area contributed by atoms with Gasteiger partial charge in [0.1, 0.15) is 6.54 Å². The summed E-state index contributed by atoms with van der Waals surface area (Å²) in [6, 6.07) is 1.75. The minimum absolute atomic E-state index is 0.118. The van der Waals surface area contributed by atoms with Crippen LogP contribution in [-0.4, -0.2) is 46.2 Å². The van der Waals surface area contributed by atoms with Crippen molar-refractivity contribution in [2.24, 2.45) is 0 Å². The van der Waals surface area contributed by atoms with Crippen molar-refractivity contribution in [2.75, 3.05) is 18.1 Å². The van der Waals surface area contributed by atoms with Gasteiger partial charge in [-0.3, -0.25) is 9.48 Å². The van der Waals surface area contributed by atoms with Crippen LogP contribution in [0.1, 0.15) is 10.6 Å². The fourth-order valence-electron chi connectivity index (χ4n) is 2.21. The molecule has 22 heavy (non-hydrogen) atoms. The van der Waals surface area contributed by atoms with Gasteiger partial charge in [-0.15, -0.1) is 11.3 Å². The molecule has 3 rings (SSSR count). The Bertz CT molecular complexity index is 782. The minimum Gasteiger partial charge on any atom is -0.300 e. The number of fused-ring (bicyclic) bond motifs is 1. The normalized spacial score (nSPS) is 15.5. The lowest BCUT2D eigenvalue weighted by molar-refractivity contribution is -0.116. The van der Waals surface area contributed by atoms with E-state index in [2.05, 4.69) is 15.4 Å². The first kappa shape index (κ1) is 15.1. The van der Waals surface area contributed by atoms with E-state index in [-0.39, 0.29) is 12.5 Å². The molecule has 8 nitrogen and oxygen atoms in total. The average Bonchev–Trinajstić information content (AvgIpc) is 3.04. The average molecular weight is 341 g/mol. The molecule has 118 valence electrons. The lowest BCUT2D eigenvalue weighted by Gasteiger charge is -2.23. The summed E-state index contributed by atoms with van der Waals surface area (Å²) < 4.78 is 26.1. The van der Waals surface area contributed by atoms with Crippen LogP contribution in [0.3, 0.4) is 0 Å². The fraction of sp³-hybridized carbons (Fsp3) is 0.417. The summed E-state index contributed by atoms with van der Waals surface area (Å²) in [4.78, 5) is 17.2. The number of hydrogen-bond donors (Lipinski definition) is 1. The van der Waals surface area contributed by atoms with E-state index >= 15 is 0 Å². The molecule has 2 aromatic heterocycles. The highest BCUT2D eigenvalue weighted by Gasteiger charge is 2.26. The van der Waals surface area contributed by atoms with Crippen LogP contribution in [0.5, 0.6) is 0 Å². The molecule has 0 radical (unpaired) electrons. The lowest BCUT2D eigenvalue weighted by atomic mass is 10.2. The largest absolute Gasteiger partial charge is 0.300 e. The van der Waals surface area contributed by atoms with Crippen LogP contribution in [0.25, 0.3) is 0 Å². The van der Waals surface area contributed by atoms with Crippen molar-refractivity contribution in [1.82, 2.24) is 19.1 Å². The molecule has 0 saturated carbocycles. The number of sulfonamides is 1. The van der Waals surface area contributed by atoms with Crippen LogP contribution in [0.2, 0.25) is 0 Å². The Morgan fingerprint density at radius 3 is 3.00 bits per heavy atom. The highest BCUT2D eigenvalue weighted by atomic mass is 32.2. The molecule has 3 heterocycles. The number of nitrogens with zero attached hydrogens (tertiary/aromatic N) is 4. The molecule has 0 unspecified atom stereocenters. The topological polar surface area (TPSA) is 97.2 Å². The van der Waals surface area contributed by atoms with Gasteiger partial charge in [-0.1, -0.05) is 0 Å². The van der Waals surface area contributed by atoms with Gasteiger partial charge < -0.3 is 5.32 Å². The quantitative estimate of drug-likeness (QED) is 0.862. The van der Waals surface area contributed by atoms with E-state index in [0.29, 0.717) is 24.6 Å². The highest BCUT2D eigenvalue weighted by molar-refractivity contribution is 7.88. The second-order valence-electron chi connectivity index (χ2n) is 4.99. The Hall–Kier alpha value is -1.78. The first-order valence-electron chi connectivity index (χ1n) is 6.63. The molecule has 1 N–H and O–H groups in total. The predicted octanol–water partition coefficient (Wildman–Crippen LogP) is 0.296. The van der Waals surface area contributed by atoms with Gasteiger partial charge in [0.15, 0.2) is 5.13 Å². The van der Waals surface area contributed by atoms with Crippen molar-refractivity contribution in [1.29, 1.82) is 0 Å². The van der Waals surface area contributed by atoms with E-state index < -0.39 is 10.0 Å². The third kappa shape index (κ3) is 3.34. The second-order valence-corrected chi connectivity index (χ2v) is 8.05. The van der Waals surface area contributed by atoms with Crippen molar-refractivity contribution in [3.05, 3.63) is 29.0 Å². The molecule has 0 aromatic carbocycles. The van der Waals surface area contributed by atoms with E-state index in [1.807, 2.05) is 0 Å². The molecule has 0 aliphatic carbocycles. The number of amides is 1. The summed E-state index contributed by atoms with van der Waals surface area (Å²) in [6.45, 7) is 0.865. The van der Waals surface area contributed by atoms with Gasteiger partial charge in [-0.2, -0.15) is 9.40 Å². The zero-order valence-corrected chi connectivity index (χ0v) is 13.5. The Morgan fingerprint density at radius 1 is 1.50 bits per heavy atom. The molecule has 0 saturated heterocycles. The standard InChI is InChI=1S/C12H15N5O3S2/c1-22(19,20)17-6-3-9-10(7-17)21-12(14-9)15-11(18)8-16-5-2-4-13-16/h2,4-5H,3,6-8H2,1H3,(H,14,15,18). The highest BCUT2D eigenvalue weighted by Crippen LogP contribution is 2.29. The first-order chi connectivity index (χ1) is 10.4. The van der Waals surface area contributed by atoms with Crippen molar-refractivity contribution < 1.29 is 13.2 Å². The monoisotopic (exact) mass is 341 g/mol. The molecule has 10 heteroatoms. The van der Waals surface area contributed by atoms with E-state index in [0.717, 1.165) is 10.6 Å². The van der Waals surface area contributed by atoms with E-state index in [1.54, 1.807) is 18.5 Å². The number of hydrogen-bond acceptors (Lipinski definition) is 6. The van der Waals surface area contributed by atoms with Crippen LogP contribution < -0.4 is 5.32 Å². The summed E-state index contributed by atoms with van der Waals surface area (Å²) >= 11 is 1.32. The van der Waals surface area contributed by atoms with E-state index in [9.17, 15) is 13.2 Å². The van der Waals surface area contributed by atoms with Gasteiger partial charge in [0.25, 0.3) is 0 Å². The Morgan fingerprint density at radius 2 is 2.32 bits per heavy atom. The second kappa shape index (κ2) is 5.78. The number of aromatic nitrogens is 3. The third-order valence-electron chi connectivity index (χ3n) is 3.28. The molecule has 1 amide bonds. The number of nitrogens with one attached hydrogen (secondary N) is 1. The first-order valence-corrected chi connectivity index (χ1v) is 9.29. The lowest BCUT2D eigenvalue weighted by Crippen LogP contribution is -2.34. The molecule has 1 aliphatic rings. The van der Waals surface area contributed by atoms with Crippen molar-refractivity contribution in [3.8, 4) is 0 Å². The summed E-state index contributed by atoms with van der Waals surface area (Å²) in [6.07, 6.45) is 5.07. The summed E-state index contributed by atoms with van der Waals surface area (Å²) in [5, 5.41) is 7.19. The van der Waals surface area contributed by atoms with Crippen LogP contribution in [-0.2, 0) is 34.3 Å². The van der Waals surface area contributed by atoms with Gasteiger partial charge in [0.2, 0.25) is 15.9 Å². The van der Waals surface area contributed by atoms with Crippen LogP contribution in [0, 0.1) is 0 Å². The van der Waals surface area contributed by atoms with Crippen LogP contribution in [0.15, 0.2) is 18.5 Å². The zero-order valence-electron chi connectivity index (χ0n) is 11.9. The van der Waals surface area contributed by atoms with Crippen LogP contribution in [0.4, 0.5) is 5.13 Å². The predicted molar refractivity (Wildman–Crippen MR) is 81.9 cm³/mol. The smallest absolute Gasteiger partial charge is 0.247 e. The molecule has 0 fully saturated rings. The van der Waals surface area contributed by atoms with Gasteiger partial charge in [-0.25, -0.2) is 13.4 Å². The fourth-order valence-corrected chi connectivity index (χ4v) is 4.12. The summed E-state index contributed by atoms with van der Waals surface area (Å²) in [7, 11) is -3.20. The molecule has 0 spiro atoms. The minimum atomic E-state index is -3.20. The van der Waals surface area contributed by atoms with Gasteiger partial charge in [0.05, 0.1) is 11.9 Å². The molecule has 0 atom stereocenters. The molecule has 0 bridgehead atoms. The van der Waals surface area contributed by atoms with Crippen molar-refractivity contribution in [2.45, 2.75) is 19.5 Å². The Balaban J connectivity index is 1.68. The number of carbonyl (C=O) groups excluding carboxylic acids is 1.